The standard InChI is InChI=1S/C22H19ClFN3O2/c23-16-8-6-15(7-9-16)20-5-2-10-27(20)22-25-13-18(21(28)29)19(26-22)12-14-3-1-4-17(24)11-14/h1,3-4,6-9,11,13,20H,2,5,10,12H2,(H,28,29). The van der Waals surface area contributed by atoms with Gasteiger partial charge in [-0.3, -0.25) is 0 Å². The third kappa shape index (κ3) is 4.22. The molecule has 0 radical (unpaired) electrons. The molecule has 1 aromatic heterocycles. The van der Waals surface area contributed by atoms with E-state index in [2.05, 4.69) is 14.9 Å². The number of aromatic nitrogens is 2. The maximum Gasteiger partial charge on any atom is 0.339 e. The Morgan fingerprint density at radius 1 is 1.24 bits per heavy atom. The maximum atomic E-state index is 13.6. The molecule has 1 aliphatic heterocycles. The van der Waals surface area contributed by atoms with Crippen molar-refractivity contribution in [2.45, 2.75) is 25.3 Å². The lowest BCUT2D eigenvalue weighted by molar-refractivity contribution is 0.0695. The molecule has 1 fully saturated rings. The van der Waals surface area contributed by atoms with E-state index in [0.29, 0.717) is 22.2 Å². The molecule has 148 valence electrons. The number of carboxylic acid groups (broad SMARTS) is 1. The maximum absolute atomic E-state index is 13.6. The molecule has 3 aromatic rings. The molecule has 2 aromatic carbocycles. The van der Waals surface area contributed by atoms with Crippen molar-refractivity contribution >= 4 is 23.5 Å². The number of aromatic carboxylic acids is 1. The fourth-order valence-electron chi connectivity index (χ4n) is 3.74. The fraction of sp³-hybridized carbons (Fsp3) is 0.227. The van der Waals surface area contributed by atoms with Crippen molar-refractivity contribution < 1.29 is 14.3 Å². The zero-order valence-corrected chi connectivity index (χ0v) is 16.3. The van der Waals surface area contributed by atoms with Gasteiger partial charge in [-0.2, -0.15) is 0 Å². The Kier molecular flexibility index (Phi) is 5.45. The highest BCUT2D eigenvalue weighted by Crippen LogP contribution is 2.35. The summed E-state index contributed by atoms with van der Waals surface area (Å²) in [6.07, 6.45) is 3.49. The Morgan fingerprint density at radius 3 is 2.76 bits per heavy atom. The molecule has 1 saturated heterocycles. The summed E-state index contributed by atoms with van der Waals surface area (Å²) in [6.45, 7) is 0.777. The topological polar surface area (TPSA) is 66.3 Å². The number of hydrogen-bond donors (Lipinski definition) is 1. The van der Waals surface area contributed by atoms with Crippen LogP contribution in [0, 0.1) is 5.82 Å². The van der Waals surface area contributed by atoms with E-state index in [1.165, 1.54) is 18.3 Å². The molecule has 29 heavy (non-hydrogen) atoms. The first-order valence-corrected chi connectivity index (χ1v) is 9.75. The Bertz CT molecular complexity index is 1040. The minimum atomic E-state index is -1.10. The Balaban J connectivity index is 1.68. The number of nitrogens with zero attached hydrogens (tertiary/aromatic N) is 3. The summed E-state index contributed by atoms with van der Waals surface area (Å²) in [6, 6.07) is 13.9. The first kappa shape index (κ1) is 19.3. The quantitative estimate of drug-likeness (QED) is 0.646. The second kappa shape index (κ2) is 8.17. The van der Waals surface area contributed by atoms with E-state index >= 15 is 0 Å². The van der Waals surface area contributed by atoms with E-state index in [-0.39, 0.29) is 23.8 Å². The van der Waals surface area contributed by atoms with Crippen LogP contribution in [0.15, 0.2) is 54.7 Å². The van der Waals surface area contributed by atoms with Crippen LogP contribution in [0.25, 0.3) is 0 Å². The van der Waals surface area contributed by atoms with E-state index in [1.807, 2.05) is 24.3 Å². The van der Waals surface area contributed by atoms with Gasteiger partial charge < -0.3 is 10.0 Å². The molecule has 4 rings (SSSR count). The molecule has 0 bridgehead atoms. The first-order valence-electron chi connectivity index (χ1n) is 9.37. The zero-order valence-electron chi connectivity index (χ0n) is 15.6. The fourth-order valence-corrected chi connectivity index (χ4v) is 3.86. The predicted molar refractivity (Wildman–Crippen MR) is 109 cm³/mol. The lowest BCUT2D eigenvalue weighted by Crippen LogP contribution is -2.25. The van der Waals surface area contributed by atoms with Crippen molar-refractivity contribution in [3.63, 3.8) is 0 Å². The van der Waals surface area contributed by atoms with Gasteiger partial charge in [0.2, 0.25) is 5.95 Å². The smallest absolute Gasteiger partial charge is 0.339 e. The number of carboxylic acids is 1. The van der Waals surface area contributed by atoms with Gasteiger partial charge in [-0.25, -0.2) is 19.2 Å². The van der Waals surface area contributed by atoms with E-state index in [1.54, 1.807) is 12.1 Å². The van der Waals surface area contributed by atoms with Crippen LogP contribution in [0.5, 0.6) is 0 Å². The van der Waals surface area contributed by atoms with Gasteiger partial charge in [0.05, 0.1) is 17.3 Å². The van der Waals surface area contributed by atoms with Crippen molar-refractivity contribution in [3.8, 4) is 0 Å². The monoisotopic (exact) mass is 411 g/mol. The Hall–Kier alpha value is -2.99. The second-order valence-electron chi connectivity index (χ2n) is 7.05. The van der Waals surface area contributed by atoms with Crippen molar-refractivity contribution in [1.82, 2.24) is 9.97 Å². The van der Waals surface area contributed by atoms with Crippen molar-refractivity contribution in [2.24, 2.45) is 0 Å². The van der Waals surface area contributed by atoms with Crippen LogP contribution in [-0.4, -0.2) is 27.6 Å². The molecule has 1 unspecified atom stereocenters. The molecule has 0 saturated carbocycles. The summed E-state index contributed by atoms with van der Waals surface area (Å²) in [5.74, 6) is -0.978. The van der Waals surface area contributed by atoms with Gasteiger partial charge in [0.25, 0.3) is 0 Å². The molecule has 2 heterocycles. The highest BCUT2D eigenvalue weighted by Gasteiger charge is 2.29. The highest BCUT2D eigenvalue weighted by molar-refractivity contribution is 6.30. The summed E-state index contributed by atoms with van der Waals surface area (Å²) >= 11 is 6.01. The summed E-state index contributed by atoms with van der Waals surface area (Å²) in [5.41, 5.74) is 2.17. The normalized spacial score (nSPS) is 16.2. The molecular formula is C22H19ClFN3O2. The summed E-state index contributed by atoms with van der Waals surface area (Å²) in [4.78, 5) is 22.6. The number of carbonyl (C=O) groups is 1. The van der Waals surface area contributed by atoms with Crippen LogP contribution in [0.2, 0.25) is 5.02 Å². The van der Waals surface area contributed by atoms with Crippen LogP contribution < -0.4 is 4.90 Å². The predicted octanol–water partition coefficient (Wildman–Crippen LogP) is 4.90. The summed E-state index contributed by atoms with van der Waals surface area (Å²) in [5, 5.41) is 10.2. The SMILES string of the molecule is O=C(O)c1cnc(N2CCCC2c2ccc(Cl)cc2)nc1Cc1cccc(F)c1. The number of halogens is 2. The second-order valence-corrected chi connectivity index (χ2v) is 7.48. The van der Waals surface area contributed by atoms with Gasteiger partial charge in [0.15, 0.2) is 0 Å². The van der Waals surface area contributed by atoms with Gasteiger partial charge in [0.1, 0.15) is 5.82 Å². The molecule has 1 aliphatic rings. The minimum Gasteiger partial charge on any atom is -0.478 e. The van der Waals surface area contributed by atoms with Gasteiger partial charge >= 0.3 is 5.97 Å². The molecule has 1 atom stereocenters. The lowest BCUT2D eigenvalue weighted by atomic mass is 10.0. The zero-order chi connectivity index (χ0) is 20.4. The molecule has 0 amide bonds. The largest absolute Gasteiger partial charge is 0.478 e. The average molecular weight is 412 g/mol. The van der Waals surface area contributed by atoms with Gasteiger partial charge in [-0.1, -0.05) is 35.9 Å². The van der Waals surface area contributed by atoms with Crippen LogP contribution in [0.1, 0.15) is 46.1 Å². The van der Waals surface area contributed by atoms with Crippen molar-refractivity contribution in [3.05, 3.63) is 88.0 Å². The van der Waals surface area contributed by atoms with Crippen LogP contribution >= 0.6 is 11.6 Å². The number of hydrogen-bond acceptors (Lipinski definition) is 4. The van der Waals surface area contributed by atoms with E-state index in [4.69, 9.17) is 11.6 Å². The third-order valence-corrected chi connectivity index (χ3v) is 5.36. The Morgan fingerprint density at radius 2 is 2.03 bits per heavy atom. The van der Waals surface area contributed by atoms with Gasteiger partial charge in [-0.05, 0) is 48.2 Å². The minimum absolute atomic E-state index is 0.0280. The number of rotatable bonds is 5. The summed E-state index contributed by atoms with van der Waals surface area (Å²) < 4.78 is 13.6. The Labute approximate surface area is 172 Å². The molecule has 0 spiro atoms. The molecule has 0 aliphatic carbocycles. The van der Waals surface area contributed by atoms with Crippen LogP contribution in [-0.2, 0) is 6.42 Å². The lowest BCUT2D eigenvalue weighted by Gasteiger charge is -2.25. The highest BCUT2D eigenvalue weighted by atomic mass is 35.5. The average Bonchev–Trinajstić information content (AvgIpc) is 3.18. The van der Waals surface area contributed by atoms with E-state index < -0.39 is 5.97 Å². The molecule has 1 N–H and O–H groups in total. The van der Waals surface area contributed by atoms with Crippen LogP contribution in [0.3, 0.4) is 0 Å². The van der Waals surface area contributed by atoms with Gasteiger partial charge in [0, 0.05) is 24.2 Å². The van der Waals surface area contributed by atoms with E-state index in [9.17, 15) is 14.3 Å². The molecule has 5 nitrogen and oxygen atoms in total. The first-order chi connectivity index (χ1) is 14.0. The third-order valence-electron chi connectivity index (χ3n) is 5.11. The number of anilines is 1. The molecular weight excluding hydrogens is 393 g/mol. The van der Waals surface area contributed by atoms with Crippen molar-refractivity contribution in [2.75, 3.05) is 11.4 Å². The molecule has 7 heteroatoms. The van der Waals surface area contributed by atoms with Crippen LogP contribution in [0.4, 0.5) is 10.3 Å². The number of benzene rings is 2. The van der Waals surface area contributed by atoms with E-state index in [0.717, 1.165) is 24.9 Å². The van der Waals surface area contributed by atoms with Gasteiger partial charge in [-0.15, -0.1) is 0 Å². The van der Waals surface area contributed by atoms with Crippen molar-refractivity contribution in [1.29, 1.82) is 0 Å². The summed E-state index contributed by atoms with van der Waals surface area (Å²) in [7, 11) is 0.